The molecule has 2 aromatic carbocycles. The Bertz CT molecular complexity index is 3070. The summed E-state index contributed by atoms with van der Waals surface area (Å²) in [4.78, 5) is 46.8. The van der Waals surface area contributed by atoms with Gasteiger partial charge in [-0.3, -0.25) is 9.59 Å². The second-order valence-corrected chi connectivity index (χ2v) is 23.1. The molecule has 2 fully saturated rings. The van der Waals surface area contributed by atoms with Gasteiger partial charge in [0, 0.05) is 52.6 Å². The molecule has 0 bridgehead atoms. The number of alkyl halides is 6. The molecular formula is C60H68BClF6N8O4S2. The second kappa shape index (κ2) is 32.0. The summed E-state index contributed by atoms with van der Waals surface area (Å²) in [5, 5.41) is 35.3. The minimum Gasteiger partial charge on any atom is -0.423 e. The normalized spacial score (nSPS) is 15.0. The Morgan fingerprint density at radius 2 is 1.07 bits per heavy atom. The van der Waals surface area contributed by atoms with E-state index in [2.05, 4.69) is 45.9 Å². The van der Waals surface area contributed by atoms with Crippen LogP contribution in [0.1, 0.15) is 160 Å². The first kappa shape index (κ1) is 64.9. The van der Waals surface area contributed by atoms with Crippen molar-refractivity contribution in [3.05, 3.63) is 134 Å². The molecule has 8 rings (SSSR count). The molecular weight excluding hydrogens is 1120 g/mol. The molecule has 0 unspecified atom stereocenters. The van der Waals surface area contributed by atoms with Crippen LogP contribution in [0.15, 0.2) is 84.9 Å². The topological polar surface area (TPSA) is 180 Å². The number of aromatic nitrogens is 4. The minimum absolute atomic E-state index is 0.0142. The summed E-state index contributed by atoms with van der Waals surface area (Å²) in [6.07, 6.45) is 7.95. The predicted octanol–water partition coefficient (Wildman–Crippen LogP) is 13.9. The first-order valence-electron chi connectivity index (χ1n) is 28.0. The lowest BCUT2D eigenvalue weighted by atomic mass is 9.90. The van der Waals surface area contributed by atoms with Gasteiger partial charge in [0.25, 0.3) is 0 Å². The number of halogens is 7. The van der Waals surface area contributed by atoms with Gasteiger partial charge in [-0.05, 0) is 131 Å². The third-order valence-electron chi connectivity index (χ3n) is 14.1. The van der Waals surface area contributed by atoms with Gasteiger partial charge in [-0.25, -0.2) is 19.9 Å². The third-order valence-corrected chi connectivity index (χ3v) is 16.6. The summed E-state index contributed by atoms with van der Waals surface area (Å²) in [5.41, 5.74) is 3.48. The SMILES string of the molecule is CCCCCCc1ccc(-c2cc(N3CCC[C@H]3C(=O)CCCc3ccc(C#N)cc3)nc(C(F)(F)F)n2)s1.CCCCCCc1ccc(B(O)O)s1.N#Cc1ccc(CCCC(=O)[C@@H]2CCCN2c2cc(Cl)nc(C(F)(F)F)n2)cc1. The first-order chi connectivity index (χ1) is 39.3. The van der Waals surface area contributed by atoms with Crippen molar-refractivity contribution >= 4 is 69.4 Å². The van der Waals surface area contributed by atoms with Gasteiger partial charge >= 0.3 is 19.5 Å². The highest BCUT2D eigenvalue weighted by Gasteiger charge is 2.39. The fourth-order valence-electron chi connectivity index (χ4n) is 9.79. The Kier molecular flexibility index (Phi) is 25.3. The average Bonchev–Trinajstić information content (AvgIpc) is 4.36. The van der Waals surface area contributed by atoms with Crippen LogP contribution in [0, 0.1) is 22.7 Å². The number of benzene rings is 2. The van der Waals surface area contributed by atoms with Crippen molar-refractivity contribution in [2.75, 3.05) is 22.9 Å². The molecule has 4 aromatic heterocycles. The minimum atomic E-state index is -4.71. The second-order valence-electron chi connectivity index (χ2n) is 20.3. The summed E-state index contributed by atoms with van der Waals surface area (Å²) < 4.78 is 81.0. The average molecular weight is 1190 g/mol. The predicted molar refractivity (Wildman–Crippen MR) is 311 cm³/mol. The maximum Gasteiger partial charge on any atom is 0.499 e. The number of anilines is 2. The summed E-state index contributed by atoms with van der Waals surface area (Å²) in [5.74, 6) is -2.31. The Morgan fingerprint density at radius 1 is 0.610 bits per heavy atom. The van der Waals surface area contributed by atoms with Gasteiger partial charge in [0.15, 0.2) is 11.6 Å². The van der Waals surface area contributed by atoms with E-state index >= 15 is 0 Å². The van der Waals surface area contributed by atoms with Crippen LogP contribution in [0.2, 0.25) is 5.15 Å². The maximum absolute atomic E-state index is 13.8. The van der Waals surface area contributed by atoms with E-state index in [1.54, 1.807) is 46.2 Å². The van der Waals surface area contributed by atoms with E-state index in [0.717, 1.165) is 48.1 Å². The number of Topliss-reactive ketones (excluding diaryl/α,β-unsaturated/α-hetero) is 2. The molecule has 12 nitrogen and oxygen atoms in total. The van der Waals surface area contributed by atoms with Gasteiger partial charge in [-0.15, -0.1) is 22.7 Å². The number of aryl methyl sites for hydroxylation is 4. The molecule has 0 saturated carbocycles. The van der Waals surface area contributed by atoms with E-state index in [1.165, 1.54) is 65.7 Å². The standard InChI is InChI=1S/C30H33F3N4OS.C20H18ClF3N4O.C10H17BO2S/c1-2-3-4-5-9-23-16-17-27(39-23)24-19-28(36-29(35-24)30(31,32)33)37-18-7-10-25(37)26(38)11-6-8-21-12-14-22(20-34)15-13-21;21-17-11-18(27-19(26-17)20(22,23)24)28-10-2-4-15(28)16(29)5-1-3-13-6-8-14(12-25)9-7-13;1-2-3-4-5-6-9-7-8-10(14-9)11(12)13/h12-17,19,25H,2-11,18H2,1H3;6-9,11,15H,1-5,10H2;7-8,12-13H,2-6H2,1H3/t25-;15-;/m00./s1. The lowest BCUT2D eigenvalue weighted by molar-refractivity contribution is -0.145. The number of hydrogen-bond donors (Lipinski definition) is 2. The van der Waals surface area contributed by atoms with Crippen LogP contribution in [-0.2, 0) is 47.6 Å². The summed E-state index contributed by atoms with van der Waals surface area (Å²) in [6.45, 7) is 5.28. The van der Waals surface area contributed by atoms with E-state index < -0.39 is 43.2 Å². The lowest BCUT2D eigenvalue weighted by Crippen LogP contribution is -2.37. The molecule has 2 saturated heterocycles. The van der Waals surface area contributed by atoms with Crippen molar-refractivity contribution in [1.29, 1.82) is 10.5 Å². The van der Waals surface area contributed by atoms with Gasteiger partial charge in [0.1, 0.15) is 16.8 Å². The summed E-state index contributed by atoms with van der Waals surface area (Å²) in [6, 6.07) is 28.0. The third kappa shape index (κ3) is 20.0. The monoisotopic (exact) mass is 1190 g/mol. The van der Waals surface area contributed by atoms with Crippen molar-refractivity contribution < 1.29 is 46.0 Å². The molecule has 2 aliphatic heterocycles. The van der Waals surface area contributed by atoms with Crippen LogP contribution in [0.5, 0.6) is 0 Å². The highest BCUT2D eigenvalue weighted by atomic mass is 35.5. The van der Waals surface area contributed by atoms with E-state index in [9.17, 15) is 35.9 Å². The largest absolute Gasteiger partial charge is 0.499 e. The molecule has 0 aliphatic carbocycles. The number of nitrogens with zero attached hydrogens (tertiary/aromatic N) is 8. The van der Waals surface area contributed by atoms with Crippen molar-refractivity contribution in [2.24, 2.45) is 0 Å². The molecule has 0 spiro atoms. The maximum atomic E-state index is 13.8. The quantitative estimate of drug-likeness (QED) is 0.0254. The van der Waals surface area contributed by atoms with Crippen molar-refractivity contribution in [3.8, 4) is 22.7 Å². The van der Waals surface area contributed by atoms with E-state index in [4.69, 9.17) is 32.2 Å². The number of carbonyl (C=O) groups excluding carboxylic acids is 2. The molecule has 0 radical (unpaired) electrons. The highest BCUT2D eigenvalue weighted by molar-refractivity contribution is 7.22. The number of carbonyl (C=O) groups is 2. The fraction of sp³-hybridized carbons (Fsp3) is 0.467. The van der Waals surface area contributed by atoms with Crippen molar-refractivity contribution in [1.82, 2.24) is 19.9 Å². The van der Waals surface area contributed by atoms with Crippen molar-refractivity contribution in [2.45, 2.75) is 167 Å². The molecule has 6 aromatic rings. The first-order valence-corrected chi connectivity index (χ1v) is 30.0. The van der Waals surface area contributed by atoms with Gasteiger partial charge < -0.3 is 19.8 Å². The zero-order chi connectivity index (χ0) is 59.2. The molecule has 82 heavy (non-hydrogen) atoms. The number of unbranched alkanes of at least 4 members (excludes halogenated alkanes) is 6. The van der Waals surface area contributed by atoms with E-state index in [1.807, 2.05) is 42.5 Å². The Hall–Kier alpha value is -6.23. The molecule has 2 aliphatic rings. The number of rotatable bonds is 24. The van der Waals surface area contributed by atoms with Gasteiger partial charge in [-0.1, -0.05) is 94.3 Å². The van der Waals surface area contributed by atoms with Crippen LogP contribution in [0.25, 0.3) is 10.6 Å². The smallest absolute Gasteiger partial charge is 0.423 e. The summed E-state index contributed by atoms with van der Waals surface area (Å²) in [7, 11) is -1.30. The Morgan fingerprint density at radius 3 is 1.52 bits per heavy atom. The van der Waals surface area contributed by atoms with Gasteiger partial charge in [0.05, 0.1) is 45.9 Å². The van der Waals surface area contributed by atoms with Crippen LogP contribution in [0.4, 0.5) is 38.0 Å². The fourth-order valence-corrected chi connectivity index (χ4v) is 11.9. The summed E-state index contributed by atoms with van der Waals surface area (Å²) >= 11 is 8.72. The zero-order valence-corrected chi connectivity index (χ0v) is 48.5. The Labute approximate surface area is 489 Å². The van der Waals surface area contributed by atoms with Crippen LogP contribution >= 0.6 is 34.3 Å². The zero-order valence-electron chi connectivity index (χ0n) is 46.1. The van der Waals surface area contributed by atoms with Crippen molar-refractivity contribution in [3.63, 3.8) is 0 Å². The molecule has 0 amide bonds. The Balaban J connectivity index is 0.000000220. The molecule has 22 heteroatoms. The lowest BCUT2D eigenvalue weighted by Gasteiger charge is -2.25. The van der Waals surface area contributed by atoms with Crippen LogP contribution in [0.3, 0.4) is 0 Å². The van der Waals surface area contributed by atoms with E-state index in [0.29, 0.717) is 98.1 Å². The van der Waals surface area contributed by atoms with E-state index in [-0.39, 0.29) is 34.0 Å². The number of nitriles is 2. The number of hydrogen-bond acceptors (Lipinski definition) is 14. The number of ketones is 2. The molecule has 2 N–H and O–H groups in total. The van der Waals surface area contributed by atoms with Gasteiger partial charge in [-0.2, -0.15) is 36.9 Å². The highest BCUT2D eigenvalue weighted by Crippen LogP contribution is 2.37. The molecule has 436 valence electrons. The van der Waals surface area contributed by atoms with Crippen LogP contribution in [-0.4, -0.2) is 73.8 Å². The molecule has 2 atom stereocenters. The number of thiophene rings is 2. The van der Waals surface area contributed by atoms with Gasteiger partial charge in [0.2, 0.25) is 11.6 Å². The molecule has 6 heterocycles. The van der Waals surface area contributed by atoms with Crippen LogP contribution < -0.4 is 14.6 Å².